The lowest BCUT2D eigenvalue weighted by Gasteiger charge is -2.36. The van der Waals surface area contributed by atoms with Crippen molar-refractivity contribution in [1.82, 2.24) is 20.4 Å². The smallest absolute Gasteiger partial charge is 0.242 e. The second-order valence-corrected chi connectivity index (χ2v) is 7.37. The van der Waals surface area contributed by atoms with Crippen molar-refractivity contribution in [3.63, 3.8) is 0 Å². The Hall–Kier alpha value is -2.61. The Morgan fingerprint density at radius 2 is 1.90 bits per heavy atom. The van der Waals surface area contributed by atoms with Gasteiger partial charge in [0.1, 0.15) is 0 Å². The van der Waals surface area contributed by atoms with Crippen LogP contribution in [-0.2, 0) is 22.4 Å². The van der Waals surface area contributed by atoms with Crippen molar-refractivity contribution in [2.45, 2.75) is 32.6 Å². The van der Waals surface area contributed by atoms with E-state index >= 15 is 0 Å². The molecule has 1 aromatic heterocycles. The number of benzene rings is 1. The summed E-state index contributed by atoms with van der Waals surface area (Å²) in [6.07, 6.45) is 2.20. The van der Waals surface area contributed by atoms with Crippen molar-refractivity contribution in [2.75, 3.05) is 37.6 Å². The summed E-state index contributed by atoms with van der Waals surface area (Å²) in [5.74, 6) is 1.02. The van der Waals surface area contributed by atoms with Gasteiger partial charge in [-0.3, -0.25) is 9.59 Å². The lowest BCUT2D eigenvalue weighted by atomic mass is 10.2. The van der Waals surface area contributed by atoms with Crippen molar-refractivity contribution >= 4 is 29.1 Å². The predicted molar refractivity (Wildman–Crippen MR) is 110 cm³/mol. The van der Waals surface area contributed by atoms with Gasteiger partial charge < -0.3 is 19.6 Å². The minimum Gasteiger partial charge on any atom is -0.368 e. The van der Waals surface area contributed by atoms with Crippen LogP contribution in [0.5, 0.6) is 0 Å². The molecule has 3 rings (SSSR count). The van der Waals surface area contributed by atoms with Gasteiger partial charge in [-0.2, -0.15) is 4.98 Å². The zero-order valence-corrected chi connectivity index (χ0v) is 17.3. The fraction of sp³-hybridized carbons (Fsp3) is 0.500. The molecule has 0 aliphatic carbocycles. The SMILES string of the molecule is CCc1noc(CCCC(=O)NCC(=O)N2CCN(c3ccc(Cl)cc3)CC2)n1. The van der Waals surface area contributed by atoms with Crippen LogP contribution in [0.1, 0.15) is 31.5 Å². The molecule has 1 fully saturated rings. The quantitative estimate of drug-likeness (QED) is 0.704. The third-order valence-corrected chi connectivity index (χ3v) is 5.13. The van der Waals surface area contributed by atoms with Gasteiger partial charge in [0.25, 0.3) is 0 Å². The van der Waals surface area contributed by atoms with E-state index in [1.807, 2.05) is 31.2 Å². The number of hydrogen-bond donors (Lipinski definition) is 1. The molecule has 2 heterocycles. The van der Waals surface area contributed by atoms with Crippen LogP contribution in [-0.4, -0.2) is 59.6 Å². The van der Waals surface area contributed by atoms with Gasteiger partial charge in [0.15, 0.2) is 5.82 Å². The van der Waals surface area contributed by atoms with E-state index in [2.05, 4.69) is 20.4 Å². The summed E-state index contributed by atoms with van der Waals surface area (Å²) < 4.78 is 5.10. The third-order valence-electron chi connectivity index (χ3n) is 4.88. The zero-order valence-electron chi connectivity index (χ0n) is 16.6. The van der Waals surface area contributed by atoms with E-state index in [9.17, 15) is 9.59 Å². The van der Waals surface area contributed by atoms with Crippen molar-refractivity contribution in [2.24, 2.45) is 0 Å². The molecule has 1 aliphatic heterocycles. The van der Waals surface area contributed by atoms with Gasteiger partial charge in [-0.05, 0) is 30.7 Å². The topological polar surface area (TPSA) is 91.6 Å². The molecule has 29 heavy (non-hydrogen) atoms. The number of nitrogens with zero attached hydrogens (tertiary/aromatic N) is 4. The summed E-state index contributed by atoms with van der Waals surface area (Å²) >= 11 is 5.93. The first-order valence-corrected chi connectivity index (χ1v) is 10.3. The Balaban J connectivity index is 1.33. The van der Waals surface area contributed by atoms with Crippen LogP contribution in [0.4, 0.5) is 5.69 Å². The minimum absolute atomic E-state index is 0.0281. The number of hydrogen-bond acceptors (Lipinski definition) is 6. The maximum Gasteiger partial charge on any atom is 0.242 e. The molecular weight excluding hydrogens is 394 g/mol. The van der Waals surface area contributed by atoms with Crippen LogP contribution >= 0.6 is 11.6 Å². The Kier molecular flexibility index (Phi) is 7.46. The first kappa shape index (κ1) is 21.1. The first-order valence-electron chi connectivity index (χ1n) is 9.91. The summed E-state index contributed by atoms with van der Waals surface area (Å²) in [4.78, 5) is 32.6. The lowest BCUT2D eigenvalue weighted by Crippen LogP contribution is -2.51. The molecular formula is C20H26ClN5O3. The predicted octanol–water partition coefficient (Wildman–Crippen LogP) is 2.07. The van der Waals surface area contributed by atoms with Crippen molar-refractivity contribution < 1.29 is 14.1 Å². The van der Waals surface area contributed by atoms with E-state index in [1.165, 1.54) is 0 Å². The second kappa shape index (κ2) is 10.2. The van der Waals surface area contributed by atoms with E-state index in [4.69, 9.17) is 16.1 Å². The molecule has 0 atom stereocenters. The highest BCUT2D eigenvalue weighted by molar-refractivity contribution is 6.30. The Bertz CT molecular complexity index is 816. The maximum absolute atomic E-state index is 12.4. The van der Waals surface area contributed by atoms with E-state index in [1.54, 1.807) is 4.90 Å². The average molecular weight is 420 g/mol. The van der Waals surface area contributed by atoms with Crippen molar-refractivity contribution in [1.29, 1.82) is 0 Å². The van der Waals surface area contributed by atoms with Gasteiger partial charge >= 0.3 is 0 Å². The highest BCUT2D eigenvalue weighted by atomic mass is 35.5. The molecule has 1 aromatic carbocycles. The molecule has 0 bridgehead atoms. The number of rotatable bonds is 8. The van der Waals surface area contributed by atoms with Crippen LogP contribution in [0.25, 0.3) is 0 Å². The van der Waals surface area contributed by atoms with Crippen LogP contribution in [0.15, 0.2) is 28.8 Å². The largest absolute Gasteiger partial charge is 0.368 e. The Morgan fingerprint density at radius 1 is 1.17 bits per heavy atom. The molecule has 2 amide bonds. The number of carbonyl (C=O) groups excluding carboxylic acids is 2. The van der Waals surface area contributed by atoms with Gasteiger partial charge in [0, 0.05) is 56.2 Å². The van der Waals surface area contributed by atoms with Crippen LogP contribution in [0, 0.1) is 0 Å². The Labute approximate surface area is 175 Å². The molecule has 0 radical (unpaired) electrons. The summed E-state index contributed by atoms with van der Waals surface area (Å²) in [5, 5.41) is 7.24. The van der Waals surface area contributed by atoms with E-state index in [0.29, 0.717) is 49.1 Å². The highest BCUT2D eigenvalue weighted by Gasteiger charge is 2.21. The number of aromatic nitrogens is 2. The summed E-state index contributed by atoms with van der Waals surface area (Å²) in [5.41, 5.74) is 1.10. The van der Waals surface area contributed by atoms with Gasteiger partial charge in [-0.15, -0.1) is 0 Å². The van der Waals surface area contributed by atoms with Gasteiger partial charge in [-0.1, -0.05) is 23.7 Å². The number of halogens is 1. The molecule has 1 N–H and O–H groups in total. The summed E-state index contributed by atoms with van der Waals surface area (Å²) in [6, 6.07) is 7.70. The fourth-order valence-electron chi connectivity index (χ4n) is 3.18. The van der Waals surface area contributed by atoms with Crippen LogP contribution in [0.2, 0.25) is 5.02 Å². The van der Waals surface area contributed by atoms with Gasteiger partial charge in [-0.25, -0.2) is 0 Å². The second-order valence-electron chi connectivity index (χ2n) is 6.93. The molecule has 0 saturated carbocycles. The standard InChI is InChI=1S/C20H26ClN5O3/c1-2-17-23-19(29-24-17)5-3-4-18(27)22-14-20(28)26-12-10-25(11-13-26)16-8-6-15(21)7-9-16/h6-9H,2-5,10-14H2,1H3,(H,22,27). The molecule has 1 aliphatic rings. The molecule has 0 unspecified atom stereocenters. The number of piperazine rings is 1. The summed E-state index contributed by atoms with van der Waals surface area (Å²) in [7, 11) is 0. The maximum atomic E-state index is 12.4. The van der Waals surface area contributed by atoms with Gasteiger partial charge in [0.2, 0.25) is 17.7 Å². The molecule has 2 aromatic rings. The average Bonchev–Trinajstić information content (AvgIpc) is 3.21. The molecule has 156 valence electrons. The molecule has 8 nitrogen and oxygen atoms in total. The lowest BCUT2D eigenvalue weighted by molar-refractivity contribution is -0.133. The number of carbonyl (C=O) groups is 2. The normalized spacial score (nSPS) is 14.1. The number of nitrogens with one attached hydrogen (secondary N) is 1. The van der Waals surface area contributed by atoms with Gasteiger partial charge in [0.05, 0.1) is 6.54 Å². The molecule has 0 spiro atoms. The van der Waals surface area contributed by atoms with E-state index in [-0.39, 0.29) is 18.4 Å². The number of anilines is 1. The Morgan fingerprint density at radius 3 is 2.55 bits per heavy atom. The van der Waals surface area contributed by atoms with Crippen LogP contribution in [0.3, 0.4) is 0 Å². The number of aryl methyl sites for hydroxylation is 2. The van der Waals surface area contributed by atoms with Crippen molar-refractivity contribution in [3.8, 4) is 0 Å². The highest BCUT2D eigenvalue weighted by Crippen LogP contribution is 2.19. The first-order chi connectivity index (χ1) is 14.0. The molecule has 1 saturated heterocycles. The molecule has 9 heteroatoms. The van der Waals surface area contributed by atoms with Crippen LogP contribution < -0.4 is 10.2 Å². The van der Waals surface area contributed by atoms with E-state index in [0.717, 1.165) is 25.2 Å². The zero-order chi connectivity index (χ0) is 20.6. The monoisotopic (exact) mass is 419 g/mol. The minimum atomic E-state index is -0.145. The fourth-order valence-corrected chi connectivity index (χ4v) is 3.30. The third kappa shape index (κ3) is 6.19. The number of amides is 2. The van der Waals surface area contributed by atoms with E-state index < -0.39 is 0 Å². The van der Waals surface area contributed by atoms with Crippen molar-refractivity contribution in [3.05, 3.63) is 41.0 Å². The summed E-state index contributed by atoms with van der Waals surface area (Å²) in [6.45, 7) is 4.76.